The molecule has 0 atom stereocenters. The summed E-state index contributed by atoms with van der Waals surface area (Å²) in [6, 6.07) is 33.6. The predicted molar refractivity (Wildman–Crippen MR) is 180 cm³/mol. The first-order valence-electron chi connectivity index (χ1n) is 14.7. The number of allylic oxidation sites excluding steroid dienone is 5. The van der Waals surface area contributed by atoms with Crippen LogP contribution in [0.2, 0.25) is 6.32 Å². The Morgan fingerprint density at radius 3 is 2.08 bits per heavy atom. The maximum Gasteiger partial charge on any atom is 0.106 e. The van der Waals surface area contributed by atoms with Crippen molar-refractivity contribution in [3.05, 3.63) is 130 Å². The summed E-state index contributed by atoms with van der Waals surface area (Å²) in [4.78, 5) is 0. The Bertz CT molecular complexity index is 1840. The van der Waals surface area contributed by atoms with Gasteiger partial charge in [-0.25, -0.2) is 0 Å². The first-order chi connectivity index (χ1) is 19.5. The molecule has 0 aliphatic heterocycles. The van der Waals surface area contributed by atoms with E-state index in [4.69, 9.17) is 0 Å². The van der Waals surface area contributed by atoms with E-state index in [0.717, 1.165) is 19.2 Å². The van der Waals surface area contributed by atoms with Crippen molar-refractivity contribution in [3.8, 4) is 22.3 Å². The van der Waals surface area contributed by atoms with Gasteiger partial charge in [-0.05, 0) is 118 Å². The highest BCUT2D eigenvalue weighted by Gasteiger charge is 2.22. The summed E-state index contributed by atoms with van der Waals surface area (Å²) in [5.74, 6) is 0. The molecule has 0 heterocycles. The van der Waals surface area contributed by atoms with Gasteiger partial charge in [0.05, 0.1) is 0 Å². The van der Waals surface area contributed by atoms with Gasteiger partial charge in [0.15, 0.2) is 0 Å². The molecule has 196 valence electrons. The maximum atomic E-state index is 2.38. The van der Waals surface area contributed by atoms with Crippen LogP contribution in [-0.4, -0.2) is 7.85 Å². The molecule has 0 saturated heterocycles. The Hall–Kier alpha value is -4.10. The first kappa shape index (κ1) is 26.1. The monoisotopic (exact) mass is 516 g/mol. The molecular weight excluding hydrogens is 479 g/mol. The zero-order valence-corrected chi connectivity index (χ0v) is 24.4. The molecule has 0 amide bonds. The summed E-state index contributed by atoms with van der Waals surface area (Å²) < 4.78 is 0. The molecular formula is C39H37B. The molecule has 0 radical (unpaired) electrons. The smallest absolute Gasteiger partial charge is 0.0836 e. The van der Waals surface area contributed by atoms with Crippen molar-refractivity contribution in [2.75, 3.05) is 0 Å². The van der Waals surface area contributed by atoms with Crippen LogP contribution in [0.15, 0.2) is 114 Å². The van der Waals surface area contributed by atoms with Crippen molar-refractivity contribution in [2.45, 2.75) is 46.9 Å². The quantitative estimate of drug-likeness (QED) is 0.161. The molecule has 1 aliphatic rings. The third kappa shape index (κ3) is 4.44. The third-order valence-corrected chi connectivity index (χ3v) is 9.15. The Morgan fingerprint density at radius 2 is 1.32 bits per heavy atom. The average Bonchev–Trinajstić information content (AvgIpc) is 3.02. The maximum absolute atomic E-state index is 2.38. The summed E-state index contributed by atoms with van der Waals surface area (Å²) in [6.07, 6.45) is 7.99. The lowest BCUT2D eigenvalue weighted by Gasteiger charge is -2.25. The summed E-state index contributed by atoms with van der Waals surface area (Å²) in [5, 5.41) is 5.28. The van der Waals surface area contributed by atoms with Gasteiger partial charge >= 0.3 is 0 Å². The van der Waals surface area contributed by atoms with Gasteiger partial charge in [0.1, 0.15) is 7.85 Å². The second-order valence-corrected chi connectivity index (χ2v) is 11.2. The minimum Gasteiger partial charge on any atom is -0.0836 e. The van der Waals surface area contributed by atoms with Crippen LogP contribution in [0.3, 0.4) is 0 Å². The largest absolute Gasteiger partial charge is 0.106 e. The van der Waals surface area contributed by atoms with Crippen molar-refractivity contribution in [2.24, 2.45) is 0 Å². The molecule has 0 bridgehead atoms. The van der Waals surface area contributed by atoms with Crippen molar-refractivity contribution in [1.82, 2.24) is 0 Å². The lowest BCUT2D eigenvalue weighted by atomic mass is 9.78. The number of fused-ring (bicyclic) bond motifs is 3. The van der Waals surface area contributed by atoms with E-state index in [1.807, 2.05) is 0 Å². The zero-order chi connectivity index (χ0) is 27.8. The minimum atomic E-state index is 1.08. The number of hydrogen-bond donors (Lipinski definition) is 0. The van der Waals surface area contributed by atoms with Gasteiger partial charge in [0.25, 0.3) is 0 Å². The fraction of sp³-hybridized carbons (Fsp3) is 0.179. The molecule has 1 heteroatoms. The Balaban J connectivity index is 1.57. The van der Waals surface area contributed by atoms with Gasteiger partial charge in [-0.2, -0.15) is 0 Å². The highest BCUT2D eigenvalue weighted by Crippen LogP contribution is 2.44. The SMILES string of the molecule is BC/C(C)=C(C)\C(C)=C(/C)c1c2c(c(-c3ccc(-c4cccc5ccccc45)cc3)c3ccccc13)C=CCC2. The van der Waals surface area contributed by atoms with E-state index in [2.05, 4.69) is 139 Å². The van der Waals surface area contributed by atoms with Crippen molar-refractivity contribution in [1.29, 1.82) is 0 Å². The summed E-state index contributed by atoms with van der Waals surface area (Å²) in [6.45, 7) is 9.20. The van der Waals surface area contributed by atoms with Gasteiger partial charge < -0.3 is 0 Å². The van der Waals surface area contributed by atoms with Crippen molar-refractivity contribution in [3.63, 3.8) is 0 Å². The molecule has 5 aromatic carbocycles. The zero-order valence-electron chi connectivity index (χ0n) is 24.4. The van der Waals surface area contributed by atoms with Crippen molar-refractivity contribution < 1.29 is 0 Å². The van der Waals surface area contributed by atoms with E-state index in [0.29, 0.717) is 0 Å². The highest BCUT2D eigenvalue weighted by molar-refractivity contribution is 6.10. The lowest BCUT2D eigenvalue weighted by molar-refractivity contribution is 0.983. The Labute approximate surface area is 240 Å². The van der Waals surface area contributed by atoms with E-state index in [1.165, 1.54) is 82.8 Å². The van der Waals surface area contributed by atoms with Gasteiger partial charge in [0, 0.05) is 0 Å². The normalized spacial score (nSPS) is 14.2. The first-order valence-corrected chi connectivity index (χ1v) is 14.7. The molecule has 40 heavy (non-hydrogen) atoms. The molecule has 1 aliphatic carbocycles. The van der Waals surface area contributed by atoms with Gasteiger partial charge in [-0.1, -0.05) is 115 Å². The molecule has 0 spiro atoms. The van der Waals surface area contributed by atoms with Gasteiger partial charge in [-0.3, -0.25) is 0 Å². The molecule has 0 aromatic heterocycles. The van der Waals surface area contributed by atoms with Crippen LogP contribution in [-0.2, 0) is 6.42 Å². The highest BCUT2D eigenvalue weighted by atomic mass is 14.3. The van der Waals surface area contributed by atoms with Crippen LogP contribution < -0.4 is 0 Å². The molecule has 0 unspecified atom stereocenters. The molecule has 6 rings (SSSR count). The number of hydrogen-bond acceptors (Lipinski definition) is 0. The molecule has 0 saturated carbocycles. The van der Waals surface area contributed by atoms with Crippen LogP contribution in [0.25, 0.3) is 55.4 Å². The second-order valence-electron chi connectivity index (χ2n) is 11.2. The van der Waals surface area contributed by atoms with E-state index in [9.17, 15) is 0 Å². The van der Waals surface area contributed by atoms with Crippen LogP contribution in [0.4, 0.5) is 0 Å². The predicted octanol–water partition coefficient (Wildman–Crippen LogP) is 10.5. The van der Waals surface area contributed by atoms with Crippen LogP contribution in [0.1, 0.15) is 50.8 Å². The van der Waals surface area contributed by atoms with Gasteiger partial charge in [-0.15, -0.1) is 0 Å². The van der Waals surface area contributed by atoms with E-state index < -0.39 is 0 Å². The van der Waals surface area contributed by atoms with E-state index in [1.54, 1.807) is 0 Å². The second kappa shape index (κ2) is 10.8. The topological polar surface area (TPSA) is 0 Å². The third-order valence-electron chi connectivity index (χ3n) is 9.15. The summed E-state index contributed by atoms with van der Waals surface area (Å²) in [5.41, 5.74) is 15.2. The fourth-order valence-corrected chi connectivity index (χ4v) is 6.47. The van der Waals surface area contributed by atoms with Crippen LogP contribution in [0, 0.1) is 0 Å². The van der Waals surface area contributed by atoms with Crippen LogP contribution in [0.5, 0.6) is 0 Å². The molecule has 0 N–H and O–H groups in total. The van der Waals surface area contributed by atoms with Crippen LogP contribution >= 0.6 is 0 Å². The van der Waals surface area contributed by atoms with Crippen molar-refractivity contribution >= 4 is 41.0 Å². The summed E-state index contributed by atoms with van der Waals surface area (Å²) >= 11 is 0. The minimum absolute atomic E-state index is 1.08. The van der Waals surface area contributed by atoms with E-state index in [-0.39, 0.29) is 0 Å². The van der Waals surface area contributed by atoms with E-state index >= 15 is 0 Å². The lowest BCUT2D eigenvalue weighted by Crippen LogP contribution is -2.05. The average molecular weight is 517 g/mol. The molecule has 0 fully saturated rings. The summed E-state index contributed by atoms with van der Waals surface area (Å²) in [7, 11) is 2.25. The van der Waals surface area contributed by atoms with Gasteiger partial charge in [0.2, 0.25) is 0 Å². The fourth-order valence-electron chi connectivity index (χ4n) is 6.47. The number of benzene rings is 5. The molecule has 5 aromatic rings. The molecule has 0 nitrogen and oxygen atoms in total. The Kier molecular flexibility index (Phi) is 7.07. The number of rotatable bonds is 5. The standard InChI is InChI=1S/C39H37B/c1-25(24-40)26(2)27(3)28(4)38-34-15-7-9-17-36(34)39(37-18-10-8-16-35(37)38)31-22-20-30(21-23-31)33-19-11-13-29-12-5-6-14-32(29)33/h5-7,9-15,17-23H,8,16,24,40H2,1-4H3/b26-25-,28-27+. The Morgan fingerprint density at radius 1 is 0.675 bits per heavy atom.